The first kappa shape index (κ1) is 20.9. The third kappa shape index (κ3) is 4.95. The van der Waals surface area contributed by atoms with Crippen LogP contribution in [-0.4, -0.2) is 26.4 Å². The van der Waals surface area contributed by atoms with Crippen LogP contribution in [0.4, 0.5) is 10.1 Å². The molecule has 152 valence electrons. The minimum absolute atomic E-state index is 0.0898. The molecule has 1 heterocycles. The SMILES string of the molecule is Cc1cccc(OC(C)c2nnc(SCC(=O)Nc3ccccc3F)n2C)c1C. The van der Waals surface area contributed by atoms with Crippen LogP contribution in [0.1, 0.15) is 30.0 Å². The van der Waals surface area contributed by atoms with Gasteiger partial charge in [0.15, 0.2) is 17.1 Å². The molecule has 0 aliphatic heterocycles. The highest BCUT2D eigenvalue weighted by Crippen LogP contribution is 2.27. The van der Waals surface area contributed by atoms with Gasteiger partial charge < -0.3 is 14.6 Å². The molecule has 1 atom stereocenters. The van der Waals surface area contributed by atoms with Gasteiger partial charge in [-0.05, 0) is 50.1 Å². The summed E-state index contributed by atoms with van der Waals surface area (Å²) in [6.45, 7) is 5.96. The van der Waals surface area contributed by atoms with Gasteiger partial charge in [-0.1, -0.05) is 36.0 Å². The van der Waals surface area contributed by atoms with E-state index in [2.05, 4.69) is 15.5 Å². The number of nitrogens with zero attached hydrogens (tertiary/aromatic N) is 3. The van der Waals surface area contributed by atoms with Crippen LogP contribution >= 0.6 is 11.8 Å². The molecule has 0 radical (unpaired) electrons. The number of rotatable bonds is 7. The van der Waals surface area contributed by atoms with E-state index in [-0.39, 0.29) is 23.5 Å². The quantitative estimate of drug-likeness (QED) is 0.579. The summed E-state index contributed by atoms with van der Waals surface area (Å²) in [5.41, 5.74) is 2.40. The van der Waals surface area contributed by atoms with Crippen molar-refractivity contribution in [3.05, 3.63) is 65.2 Å². The van der Waals surface area contributed by atoms with Gasteiger partial charge in [-0.2, -0.15) is 0 Å². The van der Waals surface area contributed by atoms with E-state index in [9.17, 15) is 9.18 Å². The number of carbonyl (C=O) groups is 1. The average molecular weight is 415 g/mol. The van der Waals surface area contributed by atoms with E-state index in [0.29, 0.717) is 11.0 Å². The number of ether oxygens (including phenoxy) is 1. The summed E-state index contributed by atoms with van der Waals surface area (Å²) in [6.07, 6.45) is -0.311. The first-order valence-corrected chi connectivity index (χ1v) is 10.1. The van der Waals surface area contributed by atoms with Crippen molar-refractivity contribution in [2.75, 3.05) is 11.1 Å². The molecule has 1 aromatic heterocycles. The fraction of sp³-hybridized carbons (Fsp3) is 0.286. The molecule has 6 nitrogen and oxygen atoms in total. The van der Waals surface area contributed by atoms with Gasteiger partial charge in [0.05, 0.1) is 11.4 Å². The highest BCUT2D eigenvalue weighted by atomic mass is 32.2. The number of hydrogen-bond acceptors (Lipinski definition) is 5. The highest BCUT2D eigenvalue weighted by molar-refractivity contribution is 7.99. The lowest BCUT2D eigenvalue weighted by Crippen LogP contribution is -2.15. The van der Waals surface area contributed by atoms with Crippen molar-refractivity contribution >= 4 is 23.4 Å². The molecule has 8 heteroatoms. The minimum Gasteiger partial charge on any atom is -0.482 e. The average Bonchev–Trinajstić information content (AvgIpc) is 3.06. The molecule has 0 saturated carbocycles. The molecule has 0 aliphatic carbocycles. The van der Waals surface area contributed by atoms with Gasteiger partial charge in [-0.3, -0.25) is 4.79 Å². The summed E-state index contributed by atoms with van der Waals surface area (Å²) in [6, 6.07) is 12.0. The fourth-order valence-corrected chi connectivity index (χ4v) is 3.50. The highest BCUT2D eigenvalue weighted by Gasteiger charge is 2.19. The van der Waals surface area contributed by atoms with Gasteiger partial charge in [0, 0.05) is 7.05 Å². The Hall–Kier alpha value is -2.87. The second-order valence-electron chi connectivity index (χ2n) is 6.67. The second-order valence-corrected chi connectivity index (χ2v) is 7.62. The number of amides is 1. The molecular weight excluding hydrogens is 391 g/mol. The molecule has 1 N–H and O–H groups in total. The van der Waals surface area contributed by atoms with E-state index in [0.717, 1.165) is 16.9 Å². The Morgan fingerprint density at radius 2 is 1.97 bits per heavy atom. The van der Waals surface area contributed by atoms with E-state index in [1.807, 2.05) is 46.0 Å². The molecule has 3 aromatic rings. The van der Waals surface area contributed by atoms with Gasteiger partial charge >= 0.3 is 0 Å². The zero-order valence-corrected chi connectivity index (χ0v) is 17.6. The predicted octanol–water partition coefficient (Wildman–Crippen LogP) is 4.44. The number of hydrogen-bond donors (Lipinski definition) is 1. The summed E-state index contributed by atoms with van der Waals surface area (Å²) in [5, 5.41) is 11.5. The molecule has 0 aliphatic rings. The Morgan fingerprint density at radius 1 is 1.21 bits per heavy atom. The van der Waals surface area contributed by atoms with Crippen LogP contribution < -0.4 is 10.1 Å². The lowest BCUT2D eigenvalue weighted by Gasteiger charge is -2.16. The maximum Gasteiger partial charge on any atom is 0.234 e. The third-order valence-electron chi connectivity index (χ3n) is 4.57. The number of aryl methyl sites for hydroxylation is 1. The van der Waals surface area contributed by atoms with E-state index >= 15 is 0 Å². The Labute approximate surface area is 173 Å². The van der Waals surface area contributed by atoms with E-state index in [1.165, 1.54) is 23.9 Å². The van der Waals surface area contributed by atoms with E-state index in [4.69, 9.17) is 4.74 Å². The second kappa shape index (κ2) is 9.09. The van der Waals surface area contributed by atoms with E-state index < -0.39 is 5.82 Å². The number of aromatic nitrogens is 3. The third-order valence-corrected chi connectivity index (χ3v) is 5.59. The summed E-state index contributed by atoms with van der Waals surface area (Å²) in [4.78, 5) is 12.1. The molecule has 1 amide bonds. The predicted molar refractivity (Wildman–Crippen MR) is 112 cm³/mol. The number of halogens is 1. The molecular formula is C21H23FN4O2S. The smallest absolute Gasteiger partial charge is 0.234 e. The van der Waals surface area contributed by atoms with Crippen LogP contribution in [-0.2, 0) is 11.8 Å². The first-order valence-electron chi connectivity index (χ1n) is 9.16. The number of thioether (sulfide) groups is 1. The van der Waals surface area contributed by atoms with Crippen LogP contribution in [0.2, 0.25) is 0 Å². The van der Waals surface area contributed by atoms with Crippen LogP contribution in [0, 0.1) is 19.7 Å². The molecule has 1 unspecified atom stereocenters. The minimum atomic E-state index is -0.468. The van der Waals surface area contributed by atoms with E-state index in [1.54, 1.807) is 16.7 Å². The number of anilines is 1. The van der Waals surface area contributed by atoms with Crippen molar-refractivity contribution in [3.63, 3.8) is 0 Å². The fourth-order valence-electron chi connectivity index (χ4n) is 2.78. The van der Waals surface area contributed by atoms with Crippen LogP contribution in [0.3, 0.4) is 0 Å². The molecule has 0 saturated heterocycles. The van der Waals surface area contributed by atoms with Crippen LogP contribution in [0.15, 0.2) is 47.6 Å². The van der Waals surface area contributed by atoms with Crippen LogP contribution in [0.5, 0.6) is 5.75 Å². The molecule has 0 spiro atoms. The van der Waals surface area contributed by atoms with Crippen LogP contribution in [0.25, 0.3) is 0 Å². The largest absolute Gasteiger partial charge is 0.482 e. The number of para-hydroxylation sites is 1. The Kier molecular flexibility index (Phi) is 6.53. The van der Waals surface area contributed by atoms with Gasteiger partial charge in [0.1, 0.15) is 11.6 Å². The zero-order chi connectivity index (χ0) is 21.0. The number of benzene rings is 2. The summed E-state index contributed by atoms with van der Waals surface area (Å²) < 4.78 is 21.5. The molecule has 3 rings (SSSR count). The normalized spacial score (nSPS) is 11.9. The van der Waals surface area contributed by atoms with Gasteiger partial charge in [-0.25, -0.2) is 4.39 Å². The summed E-state index contributed by atoms with van der Waals surface area (Å²) in [5.74, 6) is 0.766. The summed E-state index contributed by atoms with van der Waals surface area (Å²) >= 11 is 1.23. The standard InChI is InChI=1S/C21H23FN4O2S/c1-13-8-7-11-18(14(13)2)28-15(3)20-24-25-21(26(20)4)29-12-19(27)23-17-10-6-5-9-16(17)22/h5-11,15H,12H2,1-4H3,(H,23,27). The maximum absolute atomic E-state index is 13.6. The molecule has 0 bridgehead atoms. The van der Waals surface area contributed by atoms with Gasteiger partial charge in [0.2, 0.25) is 5.91 Å². The summed E-state index contributed by atoms with van der Waals surface area (Å²) in [7, 11) is 1.83. The van der Waals surface area contributed by atoms with Crippen molar-refractivity contribution in [1.29, 1.82) is 0 Å². The number of carbonyl (C=O) groups excluding carboxylic acids is 1. The monoisotopic (exact) mass is 414 g/mol. The molecule has 2 aromatic carbocycles. The van der Waals surface area contributed by atoms with Crippen molar-refractivity contribution in [2.24, 2.45) is 7.05 Å². The lowest BCUT2D eigenvalue weighted by molar-refractivity contribution is -0.113. The number of nitrogens with one attached hydrogen (secondary N) is 1. The van der Waals surface area contributed by atoms with Crippen molar-refractivity contribution in [3.8, 4) is 5.75 Å². The maximum atomic E-state index is 13.6. The van der Waals surface area contributed by atoms with Crippen molar-refractivity contribution < 1.29 is 13.9 Å². The topological polar surface area (TPSA) is 69.0 Å². The Balaban J connectivity index is 1.62. The van der Waals surface area contributed by atoms with Gasteiger partial charge in [-0.15, -0.1) is 10.2 Å². The van der Waals surface area contributed by atoms with Crippen molar-refractivity contribution in [1.82, 2.24) is 14.8 Å². The van der Waals surface area contributed by atoms with Crippen molar-refractivity contribution in [2.45, 2.75) is 32.0 Å². The molecule has 29 heavy (non-hydrogen) atoms. The Morgan fingerprint density at radius 3 is 2.72 bits per heavy atom. The first-order chi connectivity index (χ1) is 13.9. The Bertz CT molecular complexity index is 1020. The molecule has 0 fully saturated rings. The van der Waals surface area contributed by atoms with Gasteiger partial charge in [0.25, 0.3) is 0 Å². The zero-order valence-electron chi connectivity index (χ0n) is 16.8. The lowest BCUT2D eigenvalue weighted by atomic mass is 10.1.